The smallest absolute Gasteiger partial charge is 0.255 e. The van der Waals surface area contributed by atoms with E-state index in [0.29, 0.717) is 17.0 Å². The van der Waals surface area contributed by atoms with Crippen molar-refractivity contribution >= 4 is 5.91 Å². The Kier molecular flexibility index (Phi) is 6.12. The molecular weight excluding hydrogens is 462 g/mol. The molecule has 0 aliphatic carbocycles. The van der Waals surface area contributed by atoms with Crippen molar-refractivity contribution in [3.8, 4) is 22.6 Å². The summed E-state index contributed by atoms with van der Waals surface area (Å²) in [6.07, 6.45) is 5.26. The third kappa shape index (κ3) is 4.38. The predicted octanol–water partition coefficient (Wildman–Crippen LogP) is 4.95. The summed E-state index contributed by atoms with van der Waals surface area (Å²) in [7, 11) is 0. The highest BCUT2D eigenvalue weighted by atomic mass is 19.1. The first-order valence-electron chi connectivity index (χ1n) is 11.3. The molecule has 0 saturated heterocycles. The van der Waals surface area contributed by atoms with Crippen molar-refractivity contribution in [2.75, 3.05) is 0 Å². The minimum Gasteiger partial charge on any atom is -0.348 e. The van der Waals surface area contributed by atoms with Gasteiger partial charge in [-0.15, -0.1) is 0 Å². The largest absolute Gasteiger partial charge is 0.348 e. The molecule has 0 aliphatic heterocycles. The van der Waals surface area contributed by atoms with Crippen LogP contribution in [0.1, 0.15) is 27.3 Å². The van der Waals surface area contributed by atoms with Crippen LogP contribution in [0.4, 0.5) is 8.78 Å². The number of aromatic nitrogens is 5. The summed E-state index contributed by atoms with van der Waals surface area (Å²) in [6.45, 7) is 3.56. The third-order valence-electron chi connectivity index (χ3n) is 5.86. The molecular formula is C27H22F2N6O. The number of pyridine rings is 1. The molecule has 5 aromatic rings. The van der Waals surface area contributed by atoms with Gasteiger partial charge in [0.15, 0.2) is 5.82 Å². The van der Waals surface area contributed by atoms with Crippen molar-refractivity contribution in [2.45, 2.75) is 20.4 Å². The summed E-state index contributed by atoms with van der Waals surface area (Å²) in [5.41, 5.74) is 4.58. The number of nitrogens with one attached hydrogen (secondary N) is 1. The number of benzene rings is 2. The first kappa shape index (κ1) is 23.1. The molecule has 0 unspecified atom stereocenters. The first-order valence-corrected chi connectivity index (χ1v) is 11.3. The van der Waals surface area contributed by atoms with Gasteiger partial charge in [-0.05, 0) is 50.2 Å². The fourth-order valence-electron chi connectivity index (χ4n) is 4.13. The van der Waals surface area contributed by atoms with Crippen molar-refractivity contribution in [3.05, 3.63) is 113 Å². The minimum atomic E-state index is -0.761. The number of halogens is 2. The van der Waals surface area contributed by atoms with Crippen molar-refractivity contribution in [1.29, 1.82) is 0 Å². The fraction of sp³-hybridized carbons (Fsp3) is 0.111. The maximum atomic E-state index is 14.4. The highest BCUT2D eigenvalue weighted by Crippen LogP contribution is 2.24. The van der Waals surface area contributed by atoms with Gasteiger partial charge in [0, 0.05) is 42.3 Å². The summed E-state index contributed by atoms with van der Waals surface area (Å²) in [5.74, 6) is -1.80. The van der Waals surface area contributed by atoms with Gasteiger partial charge in [-0.25, -0.2) is 18.1 Å². The number of carbonyl (C=O) groups excluding carboxylic acids is 1. The summed E-state index contributed by atoms with van der Waals surface area (Å²) in [5, 5.41) is 12.0. The van der Waals surface area contributed by atoms with Crippen LogP contribution in [0.2, 0.25) is 0 Å². The maximum Gasteiger partial charge on any atom is 0.255 e. The molecule has 2 aromatic carbocycles. The van der Waals surface area contributed by atoms with E-state index in [9.17, 15) is 13.6 Å². The number of hydrogen-bond acceptors (Lipinski definition) is 4. The van der Waals surface area contributed by atoms with Crippen LogP contribution in [0.3, 0.4) is 0 Å². The lowest BCUT2D eigenvalue weighted by Crippen LogP contribution is -2.24. The van der Waals surface area contributed by atoms with Crippen LogP contribution in [-0.4, -0.2) is 30.5 Å². The molecule has 1 N–H and O–H groups in total. The second kappa shape index (κ2) is 9.53. The summed E-state index contributed by atoms with van der Waals surface area (Å²) in [6, 6.07) is 16.6. The van der Waals surface area contributed by atoms with E-state index in [-0.39, 0.29) is 18.1 Å². The molecule has 0 bridgehead atoms. The molecule has 0 radical (unpaired) electrons. The highest BCUT2D eigenvalue weighted by molar-refractivity contribution is 5.96. The molecule has 1 amide bonds. The zero-order valence-corrected chi connectivity index (χ0v) is 19.6. The topological polar surface area (TPSA) is 77.6 Å². The SMILES string of the molecule is Cc1nn(-c2ccc(F)cc2F)c(C)c1C(=O)NCc1cn(-c2ccccc2)nc1-c1ccncc1. The highest BCUT2D eigenvalue weighted by Gasteiger charge is 2.22. The fourth-order valence-corrected chi connectivity index (χ4v) is 4.13. The zero-order chi connectivity index (χ0) is 25.2. The standard InChI is InChI=1S/C27H22F2N6O/c1-17-25(18(2)35(32-17)24-9-8-21(28)14-23(24)29)27(36)31-15-20-16-34(22-6-4-3-5-7-22)33-26(20)19-10-12-30-13-11-19/h3-14,16H,15H2,1-2H3,(H,31,36). The number of rotatable bonds is 6. The molecule has 3 aromatic heterocycles. The number of hydrogen-bond donors (Lipinski definition) is 1. The van der Waals surface area contributed by atoms with Crippen LogP contribution < -0.4 is 5.32 Å². The summed E-state index contributed by atoms with van der Waals surface area (Å²) < 4.78 is 30.8. The van der Waals surface area contributed by atoms with Gasteiger partial charge in [0.05, 0.1) is 28.3 Å². The van der Waals surface area contributed by atoms with Gasteiger partial charge >= 0.3 is 0 Å². The quantitative estimate of drug-likeness (QED) is 0.370. The van der Waals surface area contributed by atoms with Crippen LogP contribution in [0.5, 0.6) is 0 Å². The molecule has 7 nitrogen and oxygen atoms in total. The second-order valence-corrected chi connectivity index (χ2v) is 8.25. The van der Waals surface area contributed by atoms with Gasteiger partial charge < -0.3 is 5.32 Å². The molecule has 0 spiro atoms. The van der Waals surface area contributed by atoms with E-state index in [1.54, 1.807) is 30.9 Å². The number of nitrogens with zero attached hydrogens (tertiary/aromatic N) is 5. The number of aryl methyl sites for hydroxylation is 1. The average molecular weight is 485 g/mol. The van der Waals surface area contributed by atoms with Crippen LogP contribution in [0.15, 0.2) is 79.3 Å². The first-order chi connectivity index (χ1) is 17.4. The average Bonchev–Trinajstić information content (AvgIpc) is 3.44. The Morgan fingerprint density at radius 3 is 2.44 bits per heavy atom. The van der Waals surface area contributed by atoms with Crippen molar-refractivity contribution in [3.63, 3.8) is 0 Å². The third-order valence-corrected chi connectivity index (χ3v) is 5.86. The molecule has 0 aliphatic rings. The number of carbonyl (C=O) groups is 1. The summed E-state index contributed by atoms with van der Waals surface area (Å²) in [4.78, 5) is 17.3. The van der Waals surface area contributed by atoms with E-state index < -0.39 is 11.6 Å². The van der Waals surface area contributed by atoms with E-state index in [4.69, 9.17) is 5.10 Å². The summed E-state index contributed by atoms with van der Waals surface area (Å²) >= 11 is 0. The van der Waals surface area contributed by atoms with Gasteiger partial charge in [0.25, 0.3) is 5.91 Å². The van der Waals surface area contributed by atoms with E-state index in [1.165, 1.54) is 10.7 Å². The zero-order valence-electron chi connectivity index (χ0n) is 19.6. The molecule has 180 valence electrons. The number of amides is 1. The van der Waals surface area contributed by atoms with E-state index in [1.807, 2.05) is 48.7 Å². The van der Waals surface area contributed by atoms with Crippen LogP contribution >= 0.6 is 0 Å². The van der Waals surface area contributed by atoms with Crippen LogP contribution in [0.25, 0.3) is 22.6 Å². The Hall–Kier alpha value is -4.66. The predicted molar refractivity (Wildman–Crippen MR) is 131 cm³/mol. The molecule has 0 saturated carbocycles. The Morgan fingerprint density at radius 1 is 0.972 bits per heavy atom. The Morgan fingerprint density at radius 2 is 1.72 bits per heavy atom. The normalized spacial score (nSPS) is 11.0. The van der Waals surface area contributed by atoms with E-state index in [0.717, 1.165) is 34.6 Å². The van der Waals surface area contributed by atoms with Crippen molar-refractivity contribution in [1.82, 2.24) is 29.9 Å². The lowest BCUT2D eigenvalue weighted by molar-refractivity contribution is 0.0949. The lowest BCUT2D eigenvalue weighted by Gasteiger charge is -2.08. The van der Waals surface area contributed by atoms with Gasteiger partial charge in [-0.2, -0.15) is 10.2 Å². The second-order valence-electron chi connectivity index (χ2n) is 8.25. The van der Waals surface area contributed by atoms with E-state index >= 15 is 0 Å². The van der Waals surface area contributed by atoms with Crippen molar-refractivity contribution in [2.24, 2.45) is 0 Å². The monoisotopic (exact) mass is 484 g/mol. The molecule has 9 heteroatoms. The van der Waals surface area contributed by atoms with Crippen molar-refractivity contribution < 1.29 is 13.6 Å². The van der Waals surface area contributed by atoms with Gasteiger partial charge in [-0.1, -0.05) is 18.2 Å². The molecule has 3 heterocycles. The van der Waals surface area contributed by atoms with Crippen LogP contribution in [0, 0.1) is 25.5 Å². The molecule has 0 atom stereocenters. The minimum absolute atomic E-state index is 0.0696. The Bertz CT molecular complexity index is 1540. The van der Waals surface area contributed by atoms with Gasteiger partial charge in [0.1, 0.15) is 11.5 Å². The van der Waals surface area contributed by atoms with Gasteiger partial charge in [-0.3, -0.25) is 9.78 Å². The molecule has 5 rings (SSSR count). The Balaban J connectivity index is 1.44. The number of para-hydroxylation sites is 1. The maximum absolute atomic E-state index is 14.4. The van der Waals surface area contributed by atoms with E-state index in [2.05, 4.69) is 15.4 Å². The molecule has 0 fully saturated rings. The van der Waals surface area contributed by atoms with Gasteiger partial charge in [0.2, 0.25) is 0 Å². The van der Waals surface area contributed by atoms with Crippen LogP contribution in [-0.2, 0) is 6.54 Å². The molecule has 36 heavy (non-hydrogen) atoms. The lowest BCUT2D eigenvalue weighted by atomic mass is 10.1. The Labute approximate surface area is 206 Å².